The molecule has 1 aromatic carbocycles. The third-order valence-electron chi connectivity index (χ3n) is 3.74. The number of amides is 1. The van der Waals surface area contributed by atoms with Gasteiger partial charge >= 0.3 is 0 Å². The minimum atomic E-state index is 0.0563. The molecule has 5 heteroatoms. The van der Waals surface area contributed by atoms with E-state index in [2.05, 4.69) is 41.7 Å². The van der Waals surface area contributed by atoms with E-state index >= 15 is 0 Å². The number of hydrogen-bond acceptors (Lipinski definition) is 2. The molecule has 0 saturated heterocycles. The maximum Gasteiger partial charge on any atom is 0.224 e. The summed E-state index contributed by atoms with van der Waals surface area (Å²) < 4.78 is 0. The molecular weight excluding hydrogens is 288 g/mol. The number of rotatable bonds is 7. The molecule has 1 aromatic rings. The Morgan fingerprint density at radius 1 is 1.26 bits per heavy atom. The zero-order valence-corrected chi connectivity index (χ0v) is 14.9. The van der Waals surface area contributed by atoms with Gasteiger partial charge in [0, 0.05) is 31.7 Å². The first kappa shape index (κ1) is 19.0. The highest BCUT2D eigenvalue weighted by Crippen LogP contribution is 2.11. The Hall–Kier alpha value is -2.04. The van der Waals surface area contributed by atoms with E-state index in [1.54, 1.807) is 7.05 Å². The van der Waals surface area contributed by atoms with Crippen molar-refractivity contribution in [3.8, 4) is 0 Å². The summed E-state index contributed by atoms with van der Waals surface area (Å²) >= 11 is 0. The molecular formula is C18H30N4O. The van der Waals surface area contributed by atoms with Crippen molar-refractivity contribution in [2.24, 2.45) is 10.9 Å². The van der Waals surface area contributed by atoms with Crippen LogP contribution in [0.3, 0.4) is 0 Å². The number of anilines is 1. The number of guanidine groups is 1. The standard InChI is InChI=1S/C18H30N4O/c1-6-8-17(23)22-16-10-7-9-15(11-16)12-20-18(19-5)21-14(4)13(2)3/h7,9-11,13-14H,6,8,12H2,1-5H3,(H,22,23)(H2,19,20,21). The van der Waals surface area contributed by atoms with Gasteiger partial charge in [0.1, 0.15) is 0 Å². The van der Waals surface area contributed by atoms with Gasteiger partial charge in [-0.1, -0.05) is 32.9 Å². The van der Waals surface area contributed by atoms with E-state index in [4.69, 9.17) is 0 Å². The lowest BCUT2D eigenvalue weighted by atomic mass is 10.1. The van der Waals surface area contributed by atoms with Crippen LogP contribution < -0.4 is 16.0 Å². The third-order valence-corrected chi connectivity index (χ3v) is 3.74. The van der Waals surface area contributed by atoms with E-state index in [1.807, 2.05) is 31.2 Å². The summed E-state index contributed by atoms with van der Waals surface area (Å²) in [5.41, 5.74) is 1.93. The van der Waals surface area contributed by atoms with Gasteiger partial charge in [0.05, 0.1) is 0 Å². The fraction of sp³-hybridized carbons (Fsp3) is 0.556. The molecule has 0 aliphatic rings. The molecule has 0 bridgehead atoms. The molecule has 3 N–H and O–H groups in total. The summed E-state index contributed by atoms with van der Waals surface area (Å²) in [7, 11) is 1.77. The van der Waals surface area contributed by atoms with Crippen LogP contribution in [0.2, 0.25) is 0 Å². The quantitative estimate of drug-likeness (QED) is 0.534. The number of carbonyl (C=O) groups excluding carboxylic acids is 1. The van der Waals surface area contributed by atoms with Gasteiger partial charge in [0.15, 0.2) is 5.96 Å². The van der Waals surface area contributed by atoms with E-state index in [9.17, 15) is 4.79 Å². The minimum Gasteiger partial charge on any atom is -0.354 e. The maximum absolute atomic E-state index is 11.7. The molecule has 1 unspecified atom stereocenters. The second-order valence-corrected chi connectivity index (χ2v) is 6.10. The first-order valence-electron chi connectivity index (χ1n) is 8.32. The van der Waals surface area contributed by atoms with Gasteiger partial charge < -0.3 is 16.0 Å². The van der Waals surface area contributed by atoms with Crippen LogP contribution >= 0.6 is 0 Å². The second-order valence-electron chi connectivity index (χ2n) is 6.10. The fourth-order valence-electron chi connectivity index (χ4n) is 1.97. The van der Waals surface area contributed by atoms with Crippen LogP contribution in [-0.4, -0.2) is 25.0 Å². The van der Waals surface area contributed by atoms with Crippen molar-refractivity contribution < 1.29 is 4.79 Å². The van der Waals surface area contributed by atoms with Crippen molar-refractivity contribution in [1.82, 2.24) is 10.6 Å². The van der Waals surface area contributed by atoms with E-state index in [1.165, 1.54) is 0 Å². The van der Waals surface area contributed by atoms with Crippen molar-refractivity contribution in [3.05, 3.63) is 29.8 Å². The molecule has 0 saturated carbocycles. The summed E-state index contributed by atoms with van der Waals surface area (Å²) in [4.78, 5) is 15.9. The molecule has 0 aromatic heterocycles. The lowest BCUT2D eigenvalue weighted by Gasteiger charge is -2.20. The van der Waals surface area contributed by atoms with Gasteiger partial charge in [0.2, 0.25) is 5.91 Å². The molecule has 0 fully saturated rings. The van der Waals surface area contributed by atoms with Crippen LogP contribution in [0.25, 0.3) is 0 Å². The molecule has 0 spiro atoms. The average molecular weight is 318 g/mol. The van der Waals surface area contributed by atoms with Crippen LogP contribution in [0.4, 0.5) is 5.69 Å². The zero-order chi connectivity index (χ0) is 17.2. The van der Waals surface area contributed by atoms with Crippen molar-refractivity contribution in [1.29, 1.82) is 0 Å². The molecule has 23 heavy (non-hydrogen) atoms. The van der Waals surface area contributed by atoms with Crippen LogP contribution in [0, 0.1) is 5.92 Å². The van der Waals surface area contributed by atoms with Crippen molar-refractivity contribution in [3.63, 3.8) is 0 Å². The van der Waals surface area contributed by atoms with Crippen molar-refractivity contribution in [2.45, 2.75) is 53.1 Å². The molecule has 1 amide bonds. The van der Waals surface area contributed by atoms with Gasteiger partial charge in [-0.05, 0) is 37.0 Å². The predicted molar refractivity (Wildman–Crippen MR) is 97.6 cm³/mol. The normalized spacial score (nSPS) is 12.9. The fourth-order valence-corrected chi connectivity index (χ4v) is 1.97. The molecule has 0 aliphatic heterocycles. The summed E-state index contributed by atoms with van der Waals surface area (Å²) in [5.74, 6) is 1.37. The maximum atomic E-state index is 11.7. The Kier molecular flexibility index (Phi) is 8.16. The predicted octanol–water partition coefficient (Wildman–Crippen LogP) is 3.13. The van der Waals surface area contributed by atoms with E-state index < -0.39 is 0 Å². The molecule has 0 heterocycles. The lowest BCUT2D eigenvalue weighted by molar-refractivity contribution is -0.116. The van der Waals surface area contributed by atoms with Crippen molar-refractivity contribution >= 4 is 17.6 Å². The number of hydrogen-bond donors (Lipinski definition) is 3. The molecule has 5 nitrogen and oxygen atoms in total. The van der Waals surface area contributed by atoms with Gasteiger partial charge in [-0.25, -0.2) is 0 Å². The second kappa shape index (κ2) is 9.87. The van der Waals surface area contributed by atoms with E-state index in [0.29, 0.717) is 24.9 Å². The van der Waals surface area contributed by atoms with Gasteiger partial charge in [-0.2, -0.15) is 0 Å². The topological polar surface area (TPSA) is 65.5 Å². The highest BCUT2D eigenvalue weighted by molar-refractivity contribution is 5.90. The Bertz CT molecular complexity index is 526. The average Bonchev–Trinajstić information content (AvgIpc) is 2.51. The summed E-state index contributed by atoms with van der Waals surface area (Å²) in [6.07, 6.45) is 1.40. The third kappa shape index (κ3) is 7.17. The molecule has 0 aliphatic carbocycles. The molecule has 128 valence electrons. The molecule has 1 atom stereocenters. The van der Waals surface area contributed by atoms with Crippen LogP contribution in [0.15, 0.2) is 29.3 Å². The number of aliphatic imine (C=N–C) groups is 1. The molecule has 0 radical (unpaired) electrons. The SMILES string of the molecule is CCCC(=O)Nc1cccc(CNC(=NC)NC(C)C(C)C)c1. The Morgan fingerprint density at radius 3 is 2.61 bits per heavy atom. The first-order chi connectivity index (χ1) is 11.0. The Labute approximate surface area is 140 Å². The monoisotopic (exact) mass is 318 g/mol. The summed E-state index contributed by atoms with van der Waals surface area (Å²) in [5, 5.41) is 9.59. The van der Waals surface area contributed by atoms with E-state index in [0.717, 1.165) is 23.6 Å². The van der Waals surface area contributed by atoms with E-state index in [-0.39, 0.29) is 5.91 Å². The number of nitrogens with one attached hydrogen (secondary N) is 3. The Balaban J connectivity index is 2.58. The highest BCUT2D eigenvalue weighted by atomic mass is 16.1. The number of nitrogens with zero attached hydrogens (tertiary/aromatic N) is 1. The highest BCUT2D eigenvalue weighted by Gasteiger charge is 2.09. The number of carbonyl (C=O) groups is 1. The van der Waals surface area contributed by atoms with Gasteiger partial charge in [0.25, 0.3) is 0 Å². The largest absolute Gasteiger partial charge is 0.354 e. The number of benzene rings is 1. The van der Waals surface area contributed by atoms with Gasteiger partial charge in [-0.15, -0.1) is 0 Å². The Morgan fingerprint density at radius 2 is 2.00 bits per heavy atom. The summed E-state index contributed by atoms with van der Waals surface area (Å²) in [6, 6.07) is 8.22. The van der Waals surface area contributed by atoms with Crippen LogP contribution in [-0.2, 0) is 11.3 Å². The smallest absolute Gasteiger partial charge is 0.224 e. The lowest BCUT2D eigenvalue weighted by Crippen LogP contribution is -2.43. The first-order valence-corrected chi connectivity index (χ1v) is 8.32. The zero-order valence-electron chi connectivity index (χ0n) is 14.9. The molecule has 1 rings (SSSR count). The van der Waals surface area contributed by atoms with Crippen molar-refractivity contribution in [2.75, 3.05) is 12.4 Å². The van der Waals surface area contributed by atoms with Crippen LogP contribution in [0.1, 0.15) is 46.1 Å². The minimum absolute atomic E-state index is 0.0563. The summed E-state index contributed by atoms with van der Waals surface area (Å²) in [6.45, 7) is 9.14. The van der Waals surface area contributed by atoms with Gasteiger partial charge in [-0.3, -0.25) is 9.79 Å². The van der Waals surface area contributed by atoms with Crippen LogP contribution in [0.5, 0.6) is 0 Å².